The molecule has 0 atom stereocenters. The van der Waals surface area contributed by atoms with Gasteiger partial charge in [0.2, 0.25) is 0 Å². The number of halogens is 3. The van der Waals surface area contributed by atoms with E-state index in [0.717, 1.165) is 11.2 Å². The number of hydrogen-bond donors (Lipinski definition) is 3. The maximum absolute atomic E-state index is 12.1. The van der Waals surface area contributed by atoms with Crippen molar-refractivity contribution in [2.24, 2.45) is 0 Å². The van der Waals surface area contributed by atoms with Gasteiger partial charge in [-0.2, -0.15) is 31.0 Å². The van der Waals surface area contributed by atoms with Crippen molar-refractivity contribution in [2.75, 3.05) is 24.5 Å². The van der Waals surface area contributed by atoms with Crippen molar-refractivity contribution in [3.8, 4) is 0 Å². The van der Waals surface area contributed by atoms with E-state index in [4.69, 9.17) is 0 Å². The van der Waals surface area contributed by atoms with Crippen molar-refractivity contribution in [2.45, 2.75) is 25.1 Å². The third-order valence-corrected chi connectivity index (χ3v) is 5.08. The molecule has 0 unspecified atom stereocenters. The van der Waals surface area contributed by atoms with Gasteiger partial charge in [0.15, 0.2) is 0 Å². The SMILES string of the molecule is O=S(=O)(NCC(F)(F)F)NC1CCN(c2ncnc3[nH]ccc23)CC1. The molecule has 0 spiro atoms. The first-order valence-electron chi connectivity index (χ1n) is 7.60. The zero-order valence-electron chi connectivity index (χ0n) is 13.0. The third-order valence-electron chi connectivity index (χ3n) is 3.91. The Bertz CT molecular complexity index is 830. The fourth-order valence-corrected chi connectivity index (χ4v) is 3.87. The number of alkyl halides is 3. The van der Waals surface area contributed by atoms with E-state index in [0.29, 0.717) is 31.6 Å². The molecule has 3 heterocycles. The Morgan fingerprint density at radius 2 is 2.00 bits per heavy atom. The Kier molecular flexibility index (Phi) is 4.84. The monoisotopic (exact) mass is 378 g/mol. The minimum absolute atomic E-state index is 0.425. The van der Waals surface area contributed by atoms with Crippen LogP contribution in [0.2, 0.25) is 0 Å². The lowest BCUT2D eigenvalue weighted by Gasteiger charge is -2.33. The molecule has 3 rings (SSSR count). The largest absolute Gasteiger partial charge is 0.402 e. The summed E-state index contributed by atoms with van der Waals surface area (Å²) in [4.78, 5) is 13.4. The molecule has 1 saturated heterocycles. The molecule has 0 saturated carbocycles. The van der Waals surface area contributed by atoms with Crippen LogP contribution in [0.15, 0.2) is 18.6 Å². The Labute approximate surface area is 142 Å². The summed E-state index contributed by atoms with van der Waals surface area (Å²) in [6.07, 6.45) is -0.460. The van der Waals surface area contributed by atoms with Crippen molar-refractivity contribution in [3.05, 3.63) is 18.6 Å². The summed E-state index contributed by atoms with van der Waals surface area (Å²) >= 11 is 0. The number of piperidine rings is 1. The third kappa shape index (κ3) is 4.58. The second-order valence-corrected chi connectivity index (χ2v) is 7.29. The minimum atomic E-state index is -4.59. The van der Waals surface area contributed by atoms with Gasteiger partial charge < -0.3 is 9.88 Å². The van der Waals surface area contributed by atoms with Crippen LogP contribution in [0.4, 0.5) is 19.0 Å². The molecule has 0 bridgehead atoms. The molecule has 1 fully saturated rings. The molecule has 25 heavy (non-hydrogen) atoms. The summed E-state index contributed by atoms with van der Waals surface area (Å²) in [5.74, 6) is 0.753. The normalized spacial score (nSPS) is 17.3. The quantitative estimate of drug-likeness (QED) is 0.718. The van der Waals surface area contributed by atoms with E-state index in [-0.39, 0.29) is 0 Å². The van der Waals surface area contributed by atoms with Crippen LogP contribution < -0.4 is 14.3 Å². The predicted molar refractivity (Wildman–Crippen MR) is 85.2 cm³/mol. The average Bonchev–Trinajstić information content (AvgIpc) is 3.02. The average molecular weight is 378 g/mol. The van der Waals surface area contributed by atoms with Crippen LogP contribution >= 0.6 is 0 Å². The lowest BCUT2D eigenvalue weighted by molar-refractivity contribution is -0.121. The fraction of sp³-hybridized carbons (Fsp3) is 0.538. The molecule has 8 nitrogen and oxygen atoms in total. The van der Waals surface area contributed by atoms with E-state index in [1.165, 1.54) is 11.0 Å². The number of hydrogen-bond acceptors (Lipinski definition) is 5. The lowest BCUT2D eigenvalue weighted by Crippen LogP contribution is -2.49. The molecule has 1 aliphatic rings. The van der Waals surface area contributed by atoms with Gasteiger partial charge in [-0.25, -0.2) is 9.97 Å². The van der Waals surface area contributed by atoms with Gasteiger partial charge in [0, 0.05) is 25.3 Å². The first-order valence-corrected chi connectivity index (χ1v) is 9.08. The Hall–Kier alpha value is -1.92. The van der Waals surface area contributed by atoms with Crippen LogP contribution in [0.1, 0.15) is 12.8 Å². The van der Waals surface area contributed by atoms with Gasteiger partial charge in [-0.05, 0) is 18.9 Å². The van der Waals surface area contributed by atoms with Gasteiger partial charge in [0.1, 0.15) is 24.3 Å². The number of rotatable bonds is 5. The van der Waals surface area contributed by atoms with Crippen LogP contribution in [0, 0.1) is 0 Å². The van der Waals surface area contributed by atoms with Crippen LogP contribution in [0.5, 0.6) is 0 Å². The van der Waals surface area contributed by atoms with E-state index >= 15 is 0 Å². The van der Waals surface area contributed by atoms with Crippen molar-refractivity contribution >= 4 is 27.1 Å². The second kappa shape index (κ2) is 6.77. The van der Waals surface area contributed by atoms with Crippen LogP contribution in [0.25, 0.3) is 11.0 Å². The smallest absolute Gasteiger partial charge is 0.356 e. The molecule has 1 aliphatic heterocycles. The number of nitrogens with one attached hydrogen (secondary N) is 3. The standard InChI is InChI=1S/C13H17F3N6O2S/c14-13(15,16)7-20-25(23,24)21-9-2-5-22(6-3-9)12-10-1-4-17-11(10)18-8-19-12/h1,4,8-9,20-21H,2-3,5-7H2,(H,17,18,19). The summed E-state index contributed by atoms with van der Waals surface area (Å²) in [5.41, 5.74) is 0.712. The molecule has 138 valence electrons. The maximum atomic E-state index is 12.1. The van der Waals surface area contributed by atoms with E-state index in [2.05, 4.69) is 19.7 Å². The summed E-state index contributed by atoms with van der Waals surface area (Å²) in [5, 5.41) is 0.869. The molecule has 2 aromatic rings. The molecule has 2 aromatic heterocycles. The predicted octanol–water partition coefficient (Wildman–Crippen LogP) is 0.913. The van der Waals surface area contributed by atoms with Gasteiger partial charge in [0.05, 0.1) is 5.39 Å². The zero-order chi connectivity index (χ0) is 18.1. The van der Waals surface area contributed by atoms with Gasteiger partial charge >= 0.3 is 6.18 Å². The topological polar surface area (TPSA) is 103 Å². The molecule has 3 N–H and O–H groups in total. The Morgan fingerprint density at radius 3 is 2.68 bits per heavy atom. The summed E-state index contributed by atoms with van der Waals surface area (Å²) < 4.78 is 63.5. The van der Waals surface area contributed by atoms with Crippen molar-refractivity contribution in [3.63, 3.8) is 0 Å². The molecule has 12 heteroatoms. The van der Waals surface area contributed by atoms with Crippen molar-refractivity contribution in [1.82, 2.24) is 24.4 Å². The fourth-order valence-electron chi connectivity index (χ4n) is 2.76. The van der Waals surface area contributed by atoms with Crippen molar-refractivity contribution in [1.29, 1.82) is 0 Å². The highest BCUT2D eigenvalue weighted by Crippen LogP contribution is 2.25. The molecule has 0 aliphatic carbocycles. The summed E-state index contributed by atoms with van der Waals surface area (Å²) in [6.45, 7) is -0.527. The lowest BCUT2D eigenvalue weighted by atomic mass is 10.1. The second-order valence-electron chi connectivity index (χ2n) is 5.76. The molecule has 0 amide bonds. The summed E-state index contributed by atoms with van der Waals surface area (Å²) in [7, 11) is -4.19. The highest BCUT2D eigenvalue weighted by molar-refractivity contribution is 7.87. The van der Waals surface area contributed by atoms with Crippen LogP contribution in [-0.4, -0.2) is 55.2 Å². The highest BCUT2D eigenvalue weighted by atomic mass is 32.2. The van der Waals surface area contributed by atoms with E-state index in [1.54, 1.807) is 6.20 Å². The summed E-state index contributed by atoms with van der Waals surface area (Å²) in [6, 6.07) is 1.44. The number of fused-ring (bicyclic) bond motifs is 1. The van der Waals surface area contributed by atoms with Crippen molar-refractivity contribution < 1.29 is 21.6 Å². The Balaban J connectivity index is 1.58. The van der Waals surface area contributed by atoms with E-state index in [1.807, 2.05) is 11.0 Å². The maximum Gasteiger partial charge on any atom is 0.402 e. The van der Waals surface area contributed by atoms with Gasteiger partial charge in [-0.3, -0.25) is 0 Å². The molecular formula is C13H17F3N6O2S. The molecule has 0 aromatic carbocycles. The number of H-pyrrole nitrogens is 1. The van der Waals surface area contributed by atoms with Crippen LogP contribution in [0.3, 0.4) is 0 Å². The van der Waals surface area contributed by atoms with Gasteiger partial charge in [-0.15, -0.1) is 0 Å². The number of nitrogens with zero attached hydrogens (tertiary/aromatic N) is 3. The van der Waals surface area contributed by atoms with E-state index in [9.17, 15) is 21.6 Å². The number of aromatic amines is 1. The zero-order valence-corrected chi connectivity index (χ0v) is 13.9. The first kappa shape index (κ1) is 17.9. The first-order chi connectivity index (χ1) is 11.7. The van der Waals surface area contributed by atoms with E-state index < -0.39 is 29.0 Å². The van der Waals surface area contributed by atoms with Gasteiger partial charge in [0.25, 0.3) is 10.2 Å². The molecule has 0 radical (unpaired) electrons. The molecular weight excluding hydrogens is 361 g/mol. The van der Waals surface area contributed by atoms with Crippen LogP contribution in [-0.2, 0) is 10.2 Å². The van der Waals surface area contributed by atoms with Gasteiger partial charge in [-0.1, -0.05) is 0 Å². The number of anilines is 1. The highest BCUT2D eigenvalue weighted by Gasteiger charge is 2.31. The minimum Gasteiger partial charge on any atom is -0.356 e. The Morgan fingerprint density at radius 1 is 1.28 bits per heavy atom. The number of aromatic nitrogens is 3.